The number of thiophene rings is 1. The smallest absolute Gasteiger partial charge is 0.266 e. The van der Waals surface area contributed by atoms with Crippen molar-refractivity contribution < 1.29 is 4.79 Å². The Morgan fingerprint density at radius 1 is 1.13 bits per heavy atom. The highest BCUT2D eigenvalue weighted by Crippen LogP contribution is 2.35. The first-order chi connectivity index (χ1) is 15.0. The van der Waals surface area contributed by atoms with E-state index in [1.807, 2.05) is 55.6 Å². The molecule has 0 radical (unpaired) electrons. The van der Waals surface area contributed by atoms with E-state index in [1.54, 1.807) is 28.7 Å². The van der Waals surface area contributed by atoms with Gasteiger partial charge in [0.1, 0.15) is 10.7 Å². The van der Waals surface area contributed by atoms with Crippen molar-refractivity contribution in [2.24, 2.45) is 0 Å². The summed E-state index contributed by atoms with van der Waals surface area (Å²) in [5, 5.41) is 10.4. The fraction of sp³-hybridized carbons (Fsp3) is 0.217. The number of rotatable bonds is 7. The van der Waals surface area contributed by atoms with Gasteiger partial charge >= 0.3 is 0 Å². The van der Waals surface area contributed by atoms with Crippen molar-refractivity contribution in [1.82, 2.24) is 20.1 Å². The Morgan fingerprint density at radius 2 is 2.00 bits per heavy atom. The van der Waals surface area contributed by atoms with Gasteiger partial charge in [-0.05, 0) is 36.9 Å². The van der Waals surface area contributed by atoms with E-state index in [0.29, 0.717) is 25.2 Å². The number of aryl methyl sites for hydroxylation is 2. The van der Waals surface area contributed by atoms with E-state index in [9.17, 15) is 9.59 Å². The van der Waals surface area contributed by atoms with E-state index < -0.39 is 0 Å². The van der Waals surface area contributed by atoms with Crippen LogP contribution in [-0.2, 0) is 17.8 Å². The van der Waals surface area contributed by atoms with E-state index in [-0.39, 0.29) is 11.5 Å². The molecule has 6 nitrogen and oxygen atoms in total. The quantitative estimate of drug-likeness (QED) is 0.460. The summed E-state index contributed by atoms with van der Waals surface area (Å²) < 4.78 is 1.40. The number of thiazole rings is 1. The minimum Gasteiger partial charge on any atom is -0.354 e. The second-order valence-corrected chi connectivity index (χ2v) is 9.15. The number of benzene rings is 1. The van der Waals surface area contributed by atoms with Crippen LogP contribution in [0.3, 0.4) is 0 Å². The largest absolute Gasteiger partial charge is 0.354 e. The third kappa shape index (κ3) is 5.15. The van der Waals surface area contributed by atoms with Gasteiger partial charge in [-0.1, -0.05) is 35.9 Å². The summed E-state index contributed by atoms with van der Waals surface area (Å²) in [5.74, 6) is -0.0753. The Bertz CT molecular complexity index is 1260. The number of hydrogen-bond donors (Lipinski definition) is 1. The van der Waals surface area contributed by atoms with Crippen molar-refractivity contribution in [3.05, 3.63) is 81.1 Å². The van der Waals surface area contributed by atoms with Gasteiger partial charge < -0.3 is 5.32 Å². The molecule has 0 bridgehead atoms. The molecule has 1 N–H and O–H groups in total. The van der Waals surface area contributed by atoms with Crippen molar-refractivity contribution in [1.29, 1.82) is 0 Å². The highest BCUT2D eigenvalue weighted by atomic mass is 32.1. The van der Waals surface area contributed by atoms with Gasteiger partial charge in [-0.15, -0.1) is 22.7 Å². The van der Waals surface area contributed by atoms with E-state index >= 15 is 0 Å². The Labute approximate surface area is 188 Å². The monoisotopic (exact) mass is 450 g/mol. The first-order valence-electron chi connectivity index (χ1n) is 9.92. The fourth-order valence-corrected chi connectivity index (χ4v) is 5.07. The average molecular weight is 451 g/mol. The van der Waals surface area contributed by atoms with Crippen LogP contribution in [-0.4, -0.2) is 27.2 Å². The molecule has 3 aromatic heterocycles. The second kappa shape index (κ2) is 9.36. The van der Waals surface area contributed by atoms with Crippen molar-refractivity contribution in [3.63, 3.8) is 0 Å². The third-order valence-corrected chi connectivity index (χ3v) is 6.94. The van der Waals surface area contributed by atoms with Gasteiger partial charge in [0.2, 0.25) is 5.91 Å². The van der Waals surface area contributed by atoms with Crippen LogP contribution in [0.5, 0.6) is 0 Å². The molecule has 0 aliphatic rings. The van der Waals surface area contributed by atoms with E-state index in [4.69, 9.17) is 0 Å². The minimum absolute atomic E-state index is 0.0753. The van der Waals surface area contributed by atoms with Gasteiger partial charge in [0, 0.05) is 12.6 Å². The van der Waals surface area contributed by atoms with Crippen molar-refractivity contribution in [2.45, 2.75) is 26.8 Å². The first kappa shape index (κ1) is 21.1. The molecule has 0 aliphatic carbocycles. The van der Waals surface area contributed by atoms with E-state index in [0.717, 1.165) is 31.6 Å². The summed E-state index contributed by atoms with van der Waals surface area (Å²) in [5.41, 5.74) is 3.49. The van der Waals surface area contributed by atoms with Gasteiger partial charge in [-0.3, -0.25) is 9.59 Å². The van der Waals surface area contributed by atoms with Crippen LogP contribution in [0.2, 0.25) is 0 Å². The number of nitrogens with zero attached hydrogens (tertiary/aromatic N) is 3. The lowest BCUT2D eigenvalue weighted by Crippen LogP contribution is -2.32. The van der Waals surface area contributed by atoms with Gasteiger partial charge in [0.15, 0.2) is 0 Å². The molecule has 4 rings (SSSR count). The maximum Gasteiger partial charge on any atom is 0.266 e. The summed E-state index contributed by atoms with van der Waals surface area (Å²) in [6, 6.07) is 15.2. The summed E-state index contributed by atoms with van der Waals surface area (Å²) in [6.45, 7) is 4.59. The van der Waals surface area contributed by atoms with Gasteiger partial charge in [0.05, 0.1) is 28.4 Å². The second-order valence-electron chi connectivity index (χ2n) is 7.21. The Balaban J connectivity index is 1.43. The molecule has 4 aromatic rings. The average Bonchev–Trinajstić information content (AvgIpc) is 3.39. The molecule has 1 amide bonds. The summed E-state index contributed by atoms with van der Waals surface area (Å²) in [7, 11) is 0. The van der Waals surface area contributed by atoms with Crippen molar-refractivity contribution >= 4 is 28.6 Å². The third-order valence-electron chi connectivity index (χ3n) is 4.72. The van der Waals surface area contributed by atoms with Crippen LogP contribution in [0.1, 0.15) is 16.8 Å². The maximum atomic E-state index is 12.3. The predicted molar refractivity (Wildman–Crippen MR) is 126 cm³/mol. The molecule has 8 heteroatoms. The zero-order valence-corrected chi connectivity index (χ0v) is 18.9. The summed E-state index contributed by atoms with van der Waals surface area (Å²) in [4.78, 5) is 31.2. The normalized spacial score (nSPS) is 10.9. The molecule has 0 saturated heterocycles. The molecule has 3 heterocycles. The van der Waals surface area contributed by atoms with Gasteiger partial charge in [-0.25, -0.2) is 9.67 Å². The molecule has 1 aromatic carbocycles. The summed E-state index contributed by atoms with van der Waals surface area (Å²) >= 11 is 3.21. The molecular weight excluding hydrogens is 428 g/mol. The predicted octanol–water partition coefficient (Wildman–Crippen LogP) is 4.07. The zero-order valence-electron chi connectivity index (χ0n) is 17.3. The molecule has 0 unspecified atom stereocenters. The molecular formula is C23H22N4O2S2. The first-order valence-corrected chi connectivity index (χ1v) is 11.6. The number of hydrogen-bond acceptors (Lipinski definition) is 6. The SMILES string of the molecule is Cc1cccc(CC(=O)NCCn2nc(-c3sc(-c4cccs4)nc3C)ccc2=O)c1. The van der Waals surface area contributed by atoms with Crippen molar-refractivity contribution in [2.75, 3.05) is 6.54 Å². The standard InChI is InChI=1S/C23H22N4O2S2/c1-15-5-3-6-17(13-15)14-20(28)24-10-11-27-21(29)9-8-18(26-27)22-16(2)25-23(31-22)19-7-4-12-30-19/h3-9,12-13H,10-11,14H2,1-2H3,(H,24,28). The zero-order chi connectivity index (χ0) is 21.8. The highest BCUT2D eigenvalue weighted by molar-refractivity contribution is 7.23. The number of carbonyl (C=O) groups is 1. The fourth-order valence-electron chi connectivity index (χ4n) is 3.24. The van der Waals surface area contributed by atoms with Crippen LogP contribution in [0.25, 0.3) is 20.5 Å². The van der Waals surface area contributed by atoms with E-state index in [1.165, 1.54) is 10.7 Å². The highest BCUT2D eigenvalue weighted by Gasteiger charge is 2.14. The maximum absolute atomic E-state index is 12.3. The Hall–Kier alpha value is -3.10. The Morgan fingerprint density at radius 3 is 2.77 bits per heavy atom. The van der Waals surface area contributed by atoms with Crippen molar-refractivity contribution in [3.8, 4) is 20.5 Å². The van der Waals surface area contributed by atoms with Crippen LogP contribution < -0.4 is 10.9 Å². The summed E-state index contributed by atoms with van der Waals surface area (Å²) in [6.07, 6.45) is 0.315. The van der Waals surface area contributed by atoms with Crippen LogP contribution in [0, 0.1) is 13.8 Å². The topological polar surface area (TPSA) is 76.9 Å². The Kier molecular flexibility index (Phi) is 6.39. The molecule has 31 heavy (non-hydrogen) atoms. The van der Waals surface area contributed by atoms with E-state index in [2.05, 4.69) is 15.4 Å². The van der Waals surface area contributed by atoms with Crippen LogP contribution >= 0.6 is 22.7 Å². The van der Waals surface area contributed by atoms with Crippen LogP contribution in [0.15, 0.2) is 58.7 Å². The lowest BCUT2D eigenvalue weighted by molar-refractivity contribution is -0.120. The molecule has 158 valence electrons. The van der Waals surface area contributed by atoms with Crippen LogP contribution in [0.4, 0.5) is 0 Å². The number of nitrogens with one attached hydrogen (secondary N) is 1. The molecule has 0 atom stereocenters. The molecule has 0 fully saturated rings. The molecule has 0 spiro atoms. The number of amides is 1. The van der Waals surface area contributed by atoms with Gasteiger partial charge in [0.25, 0.3) is 5.56 Å². The molecule has 0 saturated carbocycles. The lowest BCUT2D eigenvalue weighted by atomic mass is 10.1. The minimum atomic E-state index is -0.197. The van der Waals surface area contributed by atoms with Gasteiger partial charge in [-0.2, -0.15) is 5.10 Å². The lowest BCUT2D eigenvalue weighted by Gasteiger charge is -2.08. The molecule has 0 aliphatic heterocycles. The number of carbonyl (C=O) groups excluding carboxylic acids is 1. The number of aromatic nitrogens is 3.